The van der Waals surface area contributed by atoms with E-state index < -0.39 is 0 Å². The van der Waals surface area contributed by atoms with Crippen LogP contribution in [0.2, 0.25) is 5.15 Å². The van der Waals surface area contributed by atoms with E-state index in [0.717, 1.165) is 38.0 Å². The topological polar surface area (TPSA) is 46.4 Å². The molecule has 1 fully saturated rings. The van der Waals surface area contributed by atoms with Gasteiger partial charge in [-0.05, 0) is 50.4 Å². The van der Waals surface area contributed by atoms with Gasteiger partial charge < -0.3 is 5.32 Å². The fourth-order valence-corrected chi connectivity index (χ4v) is 2.89. The summed E-state index contributed by atoms with van der Waals surface area (Å²) in [6, 6.07) is 6.95. The maximum absolute atomic E-state index is 12.1. The zero-order chi connectivity index (χ0) is 13.2. The molecule has 0 atom stereocenters. The minimum atomic E-state index is -0.0977. The van der Waals surface area contributed by atoms with Gasteiger partial charge in [-0.2, -0.15) is 0 Å². The van der Waals surface area contributed by atoms with E-state index in [1.54, 1.807) is 12.1 Å². The van der Waals surface area contributed by atoms with Gasteiger partial charge in [-0.1, -0.05) is 17.7 Å². The Hall–Kier alpha value is -1.39. The van der Waals surface area contributed by atoms with Crippen LogP contribution in [0.4, 0.5) is 0 Å². The van der Waals surface area contributed by atoms with E-state index in [9.17, 15) is 4.79 Å². The molecule has 0 aromatic carbocycles. The van der Waals surface area contributed by atoms with Crippen LogP contribution in [0.15, 0.2) is 29.1 Å². The molecule has 0 unspecified atom stereocenters. The van der Waals surface area contributed by atoms with Crippen molar-refractivity contribution in [1.82, 2.24) is 14.7 Å². The van der Waals surface area contributed by atoms with Crippen LogP contribution in [0.3, 0.4) is 0 Å². The van der Waals surface area contributed by atoms with Gasteiger partial charge in [-0.3, -0.25) is 9.20 Å². The molecule has 3 heterocycles. The zero-order valence-electron chi connectivity index (χ0n) is 10.6. The largest absolute Gasteiger partial charge is 0.317 e. The number of rotatable bonds is 2. The monoisotopic (exact) mass is 277 g/mol. The highest BCUT2D eigenvalue weighted by Gasteiger charge is 2.15. The number of piperidine rings is 1. The lowest BCUT2D eigenvalue weighted by molar-refractivity contribution is 0.370. The van der Waals surface area contributed by atoms with Crippen molar-refractivity contribution in [3.8, 4) is 0 Å². The molecule has 100 valence electrons. The number of nitrogens with one attached hydrogen (secondary N) is 1. The number of hydrogen-bond acceptors (Lipinski definition) is 3. The van der Waals surface area contributed by atoms with Crippen LogP contribution in [-0.4, -0.2) is 22.5 Å². The highest BCUT2D eigenvalue weighted by atomic mass is 35.5. The normalized spacial score (nSPS) is 16.9. The molecule has 1 saturated heterocycles. The number of hydrogen-bond donors (Lipinski definition) is 1. The summed E-state index contributed by atoms with van der Waals surface area (Å²) >= 11 is 6.02. The standard InChI is InChI=1S/C14H16ClN3O/c15-12-2-1-3-13-17-11(9-14(19)18(12)13)8-10-4-6-16-7-5-10/h1-3,9-10,16H,4-8H2. The predicted octanol–water partition coefficient (Wildman–Crippen LogP) is 1.89. The maximum atomic E-state index is 12.1. The van der Waals surface area contributed by atoms with E-state index in [0.29, 0.717) is 16.7 Å². The minimum absolute atomic E-state index is 0.0977. The van der Waals surface area contributed by atoms with E-state index >= 15 is 0 Å². The molecule has 0 spiro atoms. The first-order valence-corrected chi connectivity index (χ1v) is 7.00. The Balaban J connectivity index is 1.94. The molecule has 2 aromatic rings. The molecule has 19 heavy (non-hydrogen) atoms. The lowest BCUT2D eigenvalue weighted by atomic mass is 9.93. The first kappa shape index (κ1) is 12.6. The van der Waals surface area contributed by atoms with E-state index in [1.807, 2.05) is 12.1 Å². The molecule has 0 radical (unpaired) electrons. The molecule has 1 aliphatic heterocycles. The number of pyridine rings is 1. The van der Waals surface area contributed by atoms with Gasteiger partial charge in [-0.15, -0.1) is 0 Å². The molecule has 0 aliphatic carbocycles. The Morgan fingerprint density at radius 1 is 1.37 bits per heavy atom. The molecule has 1 N–H and O–H groups in total. The third-order valence-corrected chi connectivity index (χ3v) is 3.94. The van der Waals surface area contributed by atoms with E-state index in [-0.39, 0.29) is 5.56 Å². The number of nitrogens with zero attached hydrogens (tertiary/aromatic N) is 2. The second-order valence-electron chi connectivity index (χ2n) is 5.03. The third kappa shape index (κ3) is 2.65. The third-order valence-electron chi connectivity index (χ3n) is 3.65. The van der Waals surface area contributed by atoms with Crippen molar-refractivity contribution in [1.29, 1.82) is 0 Å². The van der Waals surface area contributed by atoms with Gasteiger partial charge >= 0.3 is 0 Å². The van der Waals surface area contributed by atoms with Crippen LogP contribution in [0.25, 0.3) is 5.65 Å². The minimum Gasteiger partial charge on any atom is -0.317 e. The van der Waals surface area contributed by atoms with Crippen molar-refractivity contribution in [3.63, 3.8) is 0 Å². The van der Waals surface area contributed by atoms with Crippen LogP contribution < -0.4 is 10.9 Å². The van der Waals surface area contributed by atoms with Gasteiger partial charge in [0.25, 0.3) is 5.56 Å². The fourth-order valence-electron chi connectivity index (χ4n) is 2.65. The van der Waals surface area contributed by atoms with Crippen molar-refractivity contribution in [2.45, 2.75) is 19.3 Å². The summed E-state index contributed by atoms with van der Waals surface area (Å²) in [5.41, 5.74) is 1.41. The number of fused-ring (bicyclic) bond motifs is 1. The highest BCUT2D eigenvalue weighted by Crippen LogP contribution is 2.17. The van der Waals surface area contributed by atoms with Gasteiger partial charge in [0.05, 0.1) is 0 Å². The van der Waals surface area contributed by atoms with Gasteiger partial charge in [0.2, 0.25) is 0 Å². The van der Waals surface area contributed by atoms with Crippen molar-refractivity contribution in [3.05, 3.63) is 45.5 Å². The molecule has 1 aliphatic rings. The van der Waals surface area contributed by atoms with Gasteiger partial charge in [-0.25, -0.2) is 4.98 Å². The average Bonchev–Trinajstić information content (AvgIpc) is 2.39. The van der Waals surface area contributed by atoms with Crippen molar-refractivity contribution < 1.29 is 0 Å². The van der Waals surface area contributed by atoms with Crippen LogP contribution in [0, 0.1) is 5.92 Å². The summed E-state index contributed by atoms with van der Waals surface area (Å²) < 4.78 is 1.44. The first-order valence-electron chi connectivity index (χ1n) is 6.62. The van der Waals surface area contributed by atoms with Crippen LogP contribution in [0.1, 0.15) is 18.5 Å². The summed E-state index contributed by atoms with van der Waals surface area (Å²) in [7, 11) is 0. The smallest absolute Gasteiger partial charge is 0.259 e. The van der Waals surface area contributed by atoms with Gasteiger partial charge in [0, 0.05) is 11.8 Å². The summed E-state index contributed by atoms with van der Waals surface area (Å²) in [6.07, 6.45) is 3.17. The van der Waals surface area contributed by atoms with Crippen molar-refractivity contribution in [2.24, 2.45) is 5.92 Å². The molecular weight excluding hydrogens is 262 g/mol. The Kier molecular flexibility index (Phi) is 3.53. The zero-order valence-corrected chi connectivity index (χ0v) is 11.4. The van der Waals surface area contributed by atoms with E-state index in [2.05, 4.69) is 10.3 Å². The van der Waals surface area contributed by atoms with Crippen molar-refractivity contribution in [2.75, 3.05) is 13.1 Å². The maximum Gasteiger partial charge on any atom is 0.259 e. The molecular formula is C14H16ClN3O. The predicted molar refractivity (Wildman–Crippen MR) is 75.8 cm³/mol. The summed E-state index contributed by atoms with van der Waals surface area (Å²) in [4.78, 5) is 16.6. The SMILES string of the molecule is O=c1cc(CC2CCNCC2)nc2cccc(Cl)n12. The lowest BCUT2D eigenvalue weighted by Crippen LogP contribution is -2.29. The van der Waals surface area contributed by atoms with Crippen LogP contribution in [-0.2, 0) is 6.42 Å². The summed E-state index contributed by atoms with van der Waals surface area (Å²) in [5.74, 6) is 0.620. The summed E-state index contributed by atoms with van der Waals surface area (Å²) in [5, 5.41) is 3.75. The second kappa shape index (κ2) is 5.31. The molecule has 0 saturated carbocycles. The Morgan fingerprint density at radius 3 is 2.95 bits per heavy atom. The van der Waals surface area contributed by atoms with E-state index in [1.165, 1.54) is 4.40 Å². The Labute approximate surface area is 116 Å². The fraction of sp³-hybridized carbons (Fsp3) is 0.429. The molecule has 2 aromatic heterocycles. The van der Waals surface area contributed by atoms with Gasteiger partial charge in [0.15, 0.2) is 0 Å². The average molecular weight is 278 g/mol. The quantitative estimate of drug-likeness (QED) is 0.853. The van der Waals surface area contributed by atoms with Crippen LogP contribution >= 0.6 is 11.6 Å². The van der Waals surface area contributed by atoms with Crippen LogP contribution in [0.5, 0.6) is 0 Å². The first-order chi connectivity index (χ1) is 9.24. The van der Waals surface area contributed by atoms with E-state index in [4.69, 9.17) is 11.6 Å². The summed E-state index contributed by atoms with van der Waals surface area (Å²) in [6.45, 7) is 2.12. The lowest BCUT2D eigenvalue weighted by Gasteiger charge is -2.22. The second-order valence-corrected chi connectivity index (χ2v) is 5.41. The molecule has 0 amide bonds. The van der Waals surface area contributed by atoms with Gasteiger partial charge in [0.1, 0.15) is 10.8 Å². The Morgan fingerprint density at radius 2 is 2.16 bits per heavy atom. The number of aromatic nitrogens is 2. The molecule has 3 rings (SSSR count). The highest BCUT2D eigenvalue weighted by molar-refractivity contribution is 6.29. The molecule has 5 heteroatoms. The number of halogens is 1. The molecule has 0 bridgehead atoms. The molecule has 4 nitrogen and oxygen atoms in total. The van der Waals surface area contributed by atoms with Crippen molar-refractivity contribution >= 4 is 17.2 Å². The Bertz CT molecular complexity index is 647.